The Labute approximate surface area is 139 Å². The summed E-state index contributed by atoms with van der Waals surface area (Å²) in [6.45, 7) is 3.76. The summed E-state index contributed by atoms with van der Waals surface area (Å²) in [5, 5.41) is 8.61. The van der Waals surface area contributed by atoms with E-state index in [1.165, 1.54) is 0 Å². The van der Waals surface area contributed by atoms with Crippen molar-refractivity contribution in [2.75, 3.05) is 7.11 Å². The Hall–Kier alpha value is -2.54. The molecule has 0 amide bonds. The minimum atomic E-state index is -0.622. The average molecular weight is 325 g/mol. The molecule has 0 bridgehead atoms. The van der Waals surface area contributed by atoms with Crippen LogP contribution >= 0.6 is 0 Å². The highest BCUT2D eigenvalue weighted by atomic mass is 16.5. The Bertz CT molecular complexity index is 849. The first-order valence-corrected chi connectivity index (χ1v) is 8.00. The molecular formula is C17H19N5O2. The van der Waals surface area contributed by atoms with Crippen molar-refractivity contribution >= 4 is 0 Å². The van der Waals surface area contributed by atoms with Crippen LogP contribution in [0, 0.1) is 0 Å². The van der Waals surface area contributed by atoms with E-state index in [0.717, 1.165) is 24.4 Å². The van der Waals surface area contributed by atoms with E-state index in [1.54, 1.807) is 7.11 Å². The molecule has 2 heterocycles. The molecule has 124 valence electrons. The van der Waals surface area contributed by atoms with Gasteiger partial charge in [0.05, 0.1) is 5.69 Å². The van der Waals surface area contributed by atoms with Gasteiger partial charge in [0.25, 0.3) is 5.89 Å². The molecule has 2 aromatic heterocycles. The quantitative estimate of drug-likeness (QED) is 0.717. The van der Waals surface area contributed by atoms with Gasteiger partial charge in [-0.2, -0.15) is 4.98 Å². The third kappa shape index (κ3) is 2.60. The Morgan fingerprint density at radius 3 is 2.58 bits per heavy atom. The molecule has 1 fully saturated rings. The van der Waals surface area contributed by atoms with Crippen molar-refractivity contribution in [3.63, 3.8) is 0 Å². The van der Waals surface area contributed by atoms with Crippen molar-refractivity contribution in [2.24, 2.45) is 0 Å². The number of benzene rings is 1. The normalized spacial score (nSPS) is 15.0. The van der Waals surface area contributed by atoms with Crippen LogP contribution in [0.5, 0.6) is 0 Å². The van der Waals surface area contributed by atoms with Gasteiger partial charge in [-0.3, -0.25) is 0 Å². The van der Waals surface area contributed by atoms with Crippen LogP contribution in [0.2, 0.25) is 0 Å². The molecule has 1 saturated carbocycles. The van der Waals surface area contributed by atoms with Crippen LogP contribution < -0.4 is 0 Å². The Kier molecular flexibility index (Phi) is 3.45. The summed E-state index contributed by atoms with van der Waals surface area (Å²) >= 11 is 0. The number of hydrogen-bond donors (Lipinski definition) is 0. The third-order valence-corrected chi connectivity index (χ3v) is 4.24. The van der Waals surface area contributed by atoms with E-state index < -0.39 is 5.60 Å². The van der Waals surface area contributed by atoms with Gasteiger partial charge in [-0.1, -0.05) is 23.4 Å². The predicted molar refractivity (Wildman–Crippen MR) is 86.7 cm³/mol. The van der Waals surface area contributed by atoms with E-state index in [1.807, 2.05) is 48.9 Å². The highest BCUT2D eigenvalue weighted by molar-refractivity contribution is 5.43. The first-order chi connectivity index (χ1) is 11.6. The lowest BCUT2D eigenvalue weighted by Gasteiger charge is -2.17. The Morgan fingerprint density at radius 1 is 1.17 bits per heavy atom. The fourth-order valence-electron chi connectivity index (χ4n) is 2.43. The molecule has 1 aromatic carbocycles. The molecule has 0 N–H and O–H groups in total. The Morgan fingerprint density at radius 2 is 1.92 bits per heavy atom. The molecule has 0 atom stereocenters. The van der Waals surface area contributed by atoms with Gasteiger partial charge >= 0.3 is 0 Å². The maximum absolute atomic E-state index is 5.39. The zero-order chi connectivity index (χ0) is 16.7. The summed E-state index contributed by atoms with van der Waals surface area (Å²) in [7, 11) is 1.61. The molecule has 0 saturated heterocycles. The summed E-state index contributed by atoms with van der Waals surface area (Å²) in [5.41, 5.74) is 0.360. The molecule has 4 rings (SSSR count). The zero-order valence-corrected chi connectivity index (χ0v) is 13.9. The van der Waals surface area contributed by atoms with Crippen molar-refractivity contribution in [1.82, 2.24) is 24.9 Å². The van der Waals surface area contributed by atoms with Gasteiger partial charge in [-0.15, -0.1) is 5.10 Å². The van der Waals surface area contributed by atoms with E-state index >= 15 is 0 Å². The summed E-state index contributed by atoms with van der Waals surface area (Å²) in [6.07, 6.45) is 2.27. The molecule has 3 aromatic rings. The molecule has 7 nitrogen and oxygen atoms in total. The van der Waals surface area contributed by atoms with Crippen LogP contribution in [0.15, 0.2) is 34.9 Å². The van der Waals surface area contributed by atoms with Gasteiger partial charge in [0.2, 0.25) is 11.6 Å². The number of rotatable bonds is 5. The summed E-state index contributed by atoms with van der Waals surface area (Å²) in [5.74, 6) is 2.63. The molecule has 7 heteroatoms. The summed E-state index contributed by atoms with van der Waals surface area (Å²) in [6, 6.07) is 9.98. The minimum absolute atomic E-state index is 0.312. The van der Waals surface area contributed by atoms with Crippen molar-refractivity contribution in [1.29, 1.82) is 0 Å². The maximum atomic E-state index is 5.39. The number of methoxy groups -OCH3 is 1. The highest BCUT2D eigenvalue weighted by Crippen LogP contribution is 2.40. The Balaban J connectivity index is 1.75. The number of hydrogen-bond acceptors (Lipinski definition) is 6. The zero-order valence-electron chi connectivity index (χ0n) is 13.9. The first kappa shape index (κ1) is 15.0. The molecule has 1 aliphatic carbocycles. The third-order valence-electron chi connectivity index (χ3n) is 4.24. The van der Waals surface area contributed by atoms with Gasteiger partial charge < -0.3 is 9.26 Å². The monoisotopic (exact) mass is 325 g/mol. The molecule has 1 aliphatic rings. The lowest BCUT2D eigenvalue weighted by atomic mass is 10.1. The largest absolute Gasteiger partial charge is 0.371 e. The van der Waals surface area contributed by atoms with Gasteiger partial charge in [0, 0.05) is 13.0 Å². The van der Waals surface area contributed by atoms with Crippen molar-refractivity contribution < 1.29 is 9.26 Å². The lowest BCUT2D eigenvalue weighted by molar-refractivity contribution is 0.00973. The van der Waals surface area contributed by atoms with Crippen molar-refractivity contribution in [3.05, 3.63) is 42.0 Å². The summed E-state index contributed by atoms with van der Waals surface area (Å²) in [4.78, 5) is 9.06. The minimum Gasteiger partial charge on any atom is -0.371 e. The second-order valence-corrected chi connectivity index (χ2v) is 6.45. The van der Waals surface area contributed by atoms with Crippen LogP contribution in [0.3, 0.4) is 0 Å². The second kappa shape index (κ2) is 5.52. The SMILES string of the molecule is COC(C)(C)c1noc(-c2nc(C3CC3)n(-c3ccccc3)n2)n1. The standard InChI is InChI=1S/C17H19N5O2/c1-17(2,23-3)16-19-15(24-21-16)13-18-14(11-9-10-11)22(20-13)12-7-5-4-6-8-12/h4-8,11H,9-10H2,1-3H3. The molecule has 0 radical (unpaired) electrons. The van der Waals surface area contributed by atoms with E-state index in [0.29, 0.717) is 23.5 Å². The topological polar surface area (TPSA) is 78.9 Å². The van der Waals surface area contributed by atoms with E-state index in [2.05, 4.69) is 20.2 Å². The number of nitrogens with zero attached hydrogens (tertiary/aromatic N) is 5. The van der Waals surface area contributed by atoms with Gasteiger partial charge in [0.15, 0.2) is 0 Å². The van der Waals surface area contributed by atoms with Crippen molar-refractivity contribution in [3.8, 4) is 17.4 Å². The average Bonchev–Trinajstić information content (AvgIpc) is 3.15. The highest BCUT2D eigenvalue weighted by Gasteiger charge is 2.32. The number of aromatic nitrogens is 5. The van der Waals surface area contributed by atoms with Gasteiger partial charge in [-0.25, -0.2) is 9.67 Å². The maximum Gasteiger partial charge on any atom is 0.297 e. The molecular weight excluding hydrogens is 306 g/mol. The molecule has 0 spiro atoms. The fraction of sp³-hybridized carbons (Fsp3) is 0.412. The molecule has 0 unspecified atom stereocenters. The van der Waals surface area contributed by atoms with Crippen LogP contribution in [-0.2, 0) is 10.3 Å². The summed E-state index contributed by atoms with van der Waals surface area (Å²) < 4.78 is 12.6. The molecule has 24 heavy (non-hydrogen) atoms. The first-order valence-electron chi connectivity index (χ1n) is 8.00. The van der Waals surface area contributed by atoms with Crippen molar-refractivity contribution in [2.45, 2.75) is 38.2 Å². The predicted octanol–water partition coefficient (Wildman–Crippen LogP) is 3.08. The van der Waals surface area contributed by atoms with E-state index in [9.17, 15) is 0 Å². The van der Waals surface area contributed by atoms with E-state index in [4.69, 9.17) is 9.26 Å². The van der Waals surface area contributed by atoms with Gasteiger partial charge in [0.1, 0.15) is 11.4 Å². The van der Waals surface area contributed by atoms with Gasteiger partial charge in [-0.05, 0) is 38.8 Å². The number of para-hydroxylation sites is 1. The molecule has 0 aliphatic heterocycles. The fourth-order valence-corrected chi connectivity index (χ4v) is 2.43. The smallest absolute Gasteiger partial charge is 0.297 e. The van der Waals surface area contributed by atoms with E-state index in [-0.39, 0.29) is 0 Å². The van der Waals surface area contributed by atoms with Crippen LogP contribution in [-0.4, -0.2) is 32.0 Å². The second-order valence-electron chi connectivity index (χ2n) is 6.45. The lowest BCUT2D eigenvalue weighted by Crippen LogP contribution is -2.21. The number of ether oxygens (including phenoxy) is 1. The van der Waals surface area contributed by atoms with Crippen LogP contribution in [0.1, 0.15) is 44.3 Å². The van der Waals surface area contributed by atoms with Crippen LogP contribution in [0.25, 0.3) is 17.4 Å². The van der Waals surface area contributed by atoms with Crippen LogP contribution in [0.4, 0.5) is 0 Å².